The number of carbonyl (C=O) groups is 2. The van der Waals surface area contributed by atoms with Crippen LogP contribution in [0, 0.1) is 0 Å². The summed E-state index contributed by atoms with van der Waals surface area (Å²) in [6.45, 7) is 2.67. The number of hydrogen-bond acceptors (Lipinski definition) is 2. The standard InChI is InChI=1S/C13H15ClN2O2/c1-9(17)15-12-4-2-3-10-5-6-16(8-11(10)12)13(18)7-14/h2-4H,5-8H2,1H3,(H,15,17). The SMILES string of the molecule is CC(=O)Nc1cccc2c1CN(C(=O)CCl)CC2. The molecule has 0 aromatic heterocycles. The molecule has 1 aliphatic heterocycles. The molecule has 1 aliphatic rings. The lowest BCUT2D eigenvalue weighted by atomic mass is 9.98. The van der Waals surface area contributed by atoms with E-state index in [1.165, 1.54) is 12.5 Å². The summed E-state index contributed by atoms with van der Waals surface area (Å²) in [5.41, 5.74) is 2.98. The lowest BCUT2D eigenvalue weighted by molar-refractivity contribution is -0.129. The van der Waals surface area contributed by atoms with Gasteiger partial charge in [-0.25, -0.2) is 0 Å². The van der Waals surface area contributed by atoms with Gasteiger partial charge in [-0.2, -0.15) is 0 Å². The van der Waals surface area contributed by atoms with Crippen LogP contribution < -0.4 is 5.32 Å². The van der Waals surface area contributed by atoms with Crippen molar-refractivity contribution in [2.75, 3.05) is 17.7 Å². The van der Waals surface area contributed by atoms with Crippen molar-refractivity contribution in [2.45, 2.75) is 19.9 Å². The second-order valence-corrected chi connectivity index (χ2v) is 4.59. The van der Waals surface area contributed by atoms with Crippen LogP contribution in [0.3, 0.4) is 0 Å². The van der Waals surface area contributed by atoms with Gasteiger partial charge in [-0.3, -0.25) is 9.59 Å². The van der Waals surface area contributed by atoms with Crippen molar-refractivity contribution in [3.8, 4) is 0 Å². The number of halogens is 1. The molecule has 0 aliphatic carbocycles. The Morgan fingerprint density at radius 1 is 1.44 bits per heavy atom. The minimum Gasteiger partial charge on any atom is -0.337 e. The molecule has 2 amide bonds. The Bertz CT molecular complexity index is 488. The van der Waals surface area contributed by atoms with Gasteiger partial charge in [-0.1, -0.05) is 12.1 Å². The molecule has 96 valence electrons. The molecule has 0 unspecified atom stereocenters. The van der Waals surface area contributed by atoms with E-state index in [-0.39, 0.29) is 17.7 Å². The van der Waals surface area contributed by atoms with Crippen molar-refractivity contribution in [1.29, 1.82) is 0 Å². The summed E-state index contributed by atoms with van der Waals surface area (Å²) in [5.74, 6) is -0.179. The number of anilines is 1. The molecule has 0 bridgehead atoms. The summed E-state index contributed by atoms with van der Waals surface area (Å²) in [7, 11) is 0. The van der Waals surface area contributed by atoms with Crippen LogP contribution in [0.5, 0.6) is 0 Å². The van der Waals surface area contributed by atoms with Crippen LogP contribution in [0.15, 0.2) is 18.2 Å². The van der Waals surface area contributed by atoms with Crippen LogP contribution in [0.2, 0.25) is 0 Å². The molecule has 2 rings (SSSR count). The molecule has 0 saturated heterocycles. The van der Waals surface area contributed by atoms with E-state index in [1.807, 2.05) is 18.2 Å². The van der Waals surface area contributed by atoms with Crippen molar-refractivity contribution in [1.82, 2.24) is 4.90 Å². The smallest absolute Gasteiger partial charge is 0.237 e. The van der Waals surface area contributed by atoms with Crippen molar-refractivity contribution in [2.24, 2.45) is 0 Å². The van der Waals surface area contributed by atoms with Gasteiger partial charge in [0.25, 0.3) is 0 Å². The second kappa shape index (κ2) is 5.40. The second-order valence-electron chi connectivity index (χ2n) is 4.32. The highest BCUT2D eigenvalue weighted by molar-refractivity contribution is 6.27. The van der Waals surface area contributed by atoms with Crippen LogP contribution in [-0.2, 0) is 22.6 Å². The number of nitrogens with zero attached hydrogens (tertiary/aromatic N) is 1. The molecule has 1 heterocycles. The van der Waals surface area contributed by atoms with Crippen LogP contribution in [-0.4, -0.2) is 29.1 Å². The van der Waals surface area contributed by atoms with Gasteiger partial charge in [0.15, 0.2) is 0 Å². The first kappa shape index (κ1) is 12.9. The zero-order chi connectivity index (χ0) is 13.1. The number of benzene rings is 1. The fourth-order valence-corrected chi connectivity index (χ4v) is 2.35. The van der Waals surface area contributed by atoms with Crippen molar-refractivity contribution < 1.29 is 9.59 Å². The molecule has 1 N–H and O–H groups in total. The zero-order valence-electron chi connectivity index (χ0n) is 10.2. The van der Waals surface area contributed by atoms with E-state index in [4.69, 9.17) is 11.6 Å². The average Bonchev–Trinajstić information content (AvgIpc) is 2.37. The molecule has 0 atom stereocenters. The molecular weight excluding hydrogens is 252 g/mol. The number of rotatable bonds is 2. The predicted octanol–water partition coefficient (Wildman–Crippen LogP) is 1.77. The lowest BCUT2D eigenvalue weighted by Crippen LogP contribution is -2.37. The molecule has 18 heavy (non-hydrogen) atoms. The topological polar surface area (TPSA) is 49.4 Å². The maximum Gasteiger partial charge on any atom is 0.237 e. The number of hydrogen-bond donors (Lipinski definition) is 1. The highest BCUT2D eigenvalue weighted by Gasteiger charge is 2.22. The first-order valence-corrected chi connectivity index (χ1v) is 6.37. The van der Waals surface area contributed by atoms with Crippen molar-refractivity contribution in [3.05, 3.63) is 29.3 Å². The molecule has 4 nitrogen and oxygen atoms in total. The van der Waals surface area contributed by atoms with Crippen LogP contribution in [0.25, 0.3) is 0 Å². The molecule has 1 aromatic rings. The minimum atomic E-state index is -0.107. The lowest BCUT2D eigenvalue weighted by Gasteiger charge is -2.29. The molecule has 0 spiro atoms. The normalized spacial score (nSPS) is 14.0. The van der Waals surface area contributed by atoms with E-state index in [2.05, 4.69) is 5.32 Å². The molecule has 0 saturated carbocycles. The number of amides is 2. The van der Waals surface area contributed by atoms with E-state index >= 15 is 0 Å². The van der Waals surface area contributed by atoms with E-state index in [0.717, 1.165) is 17.7 Å². The number of alkyl halides is 1. The van der Waals surface area contributed by atoms with Gasteiger partial charge in [0.2, 0.25) is 11.8 Å². The number of nitrogens with one attached hydrogen (secondary N) is 1. The van der Waals surface area contributed by atoms with Gasteiger partial charge in [-0.15, -0.1) is 11.6 Å². The molecule has 0 radical (unpaired) electrons. The van der Waals surface area contributed by atoms with Crippen LogP contribution in [0.1, 0.15) is 18.1 Å². The first-order valence-electron chi connectivity index (χ1n) is 5.84. The van der Waals surface area contributed by atoms with Crippen molar-refractivity contribution >= 4 is 29.1 Å². The third kappa shape index (κ3) is 2.64. The minimum absolute atomic E-state index is 0.00234. The van der Waals surface area contributed by atoms with Crippen molar-refractivity contribution in [3.63, 3.8) is 0 Å². The zero-order valence-corrected chi connectivity index (χ0v) is 11.0. The van der Waals surface area contributed by atoms with Gasteiger partial charge in [0.05, 0.1) is 0 Å². The Morgan fingerprint density at radius 3 is 2.89 bits per heavy atom. The van der Waals surface area contributed by atoms with E-state index in [0.29, 0.717) is 13.1 Å². The third-order valence-corrected chi connectivity index (χ3v) is 3.28. The highest BCUT2D eigenvalue weighted by Crippen LogP contribution is 2.26. The number of fused-ring (bicyclic) bond motifs is 1. The van der Waals surface area contributed by atoms with Crippen LogP contribution in [0.4, 0.5) is 5.69 Å². The Hall–Kier alpha value is -1.55. The summed E-state index contributed by atoms with van der Waals surface area (Å²) in [5, 5.41) is 2.80. The maximum absolute atomic E-state index is 11.6. The third-order valence-electron chi connectivity index (χ3n) is 3.05. The summed E-state index contributed by atoms with van der Waals surface area (Å²) in [6.07, 6.45) is 0.797. The summed E-state index contributed by atoms with van der Waals surface area (Å²) < 4.78 is 0. The quantitative estimate of drug-likeness (QED) is 0.830. The van der Waals surface area contributed by atoms with Gasteiger partial charge < -0.3 is 10.2 Å². The molecule has 5 heteroatoms. The summed E-state index contributed by atoms with van der Waals surface area (Å²) in [4.78, 5) is 24.5. The Morgan fingerprint density at radius 2 is 2.22 bits per heavy atom. The molecular formula is C13H15ClN2O2. The van der Waals surface area contributed by atoms with Crippen LogP contribution >= 0.6 is 11.6 Å². The van der Waals surface area contributed by atoms with Gasteiger partial charge in [0, 0.05) is 25.7 Å². The highest BCUT2D eigenvalue weighted by atomic mass is 35.5. The fraction of sp³-hybridized carbons (Fsp3) is 0.385. The first-order chi connectivity index (χ1) is 8.61. The maximum atomic E-state index is 11.6. The molecule has 0 fully saturated rings. The fourth-order valence-electron chi connectivity index (χ4n) is 2.19. The van der Waals surface area contributed by atoms with E-state index < -0.39 is 0 Å². The Kier molecular flexibility index (Phi) is 3.87. The summed E-state index contributed by atoms with van der Waals surface area (Å²) in [6, 6.07) is 5.81. The van der Waals surface area contributed by atoms with E-state index in [1.54, 1.807) is 4.90 Å². The average molecular weight is 267 g/mol. The Balaban J connectivity index is 2.28. The largest absolute Gasteiger partial charge is 0.337 e. The van der Waals surface area contributed by atoms with Gasteiger partial charge in [0.1, 0.15) is 5.88 Å². The Labute approximate surface area is 111 Å². The van der Waals surface area contributed by atoms with E-state index in [9.17, 15) is 9.59 Å². The van der Waals surface area contributed by atoms with Gasteiger partial charge >= 0.3 is 0 Å². The number of carbonyl (C=O) groups excluding carboxylic acids is 2. The summed E-state index contributed by atoms with van der Waals surface area (Å²) >= 11 is 5.58. The predicted molar refractivity (Wildman–Crippen MR) is 70.6 cm³/mol. The monoisotopic (exact) mass is 266 g/mol. The molecule has 1 aromatic carbocycles. The van der Waals surface area contributed by atoms with Gasteiger partial charge in [-0.05, 0) is 23.6 Å².